The number of nitriles is 1. The Kier molecular flexibility index (Phi) is 8.09. The Balaban J connectivity index is 1.75. The van der Waals surface area contributed by atoms with Crippen molar-refractivity contribution < 1.29 is 19.2 Å². The van der Waals surface area contributed by atoms with Crippen LogP contribution in [0.5, 0.6) is 11.5 Å². The number of ether oxygens (including phenoxy) is 2. The molecule has 0 spiro atoms. The van der Waals surface area contributed by atoms with E-state index >= 15 is 0 Å². The molecule has 3 rings (SSSR count). The van der Waals surface area contributed by atoms with Crippen LogP contribution in [0.15, 0.2) is 66.2 Å². The van der Waals surface area contributed by atoms with Gasteiger partial charge in [-0.15, -0.1) is 0 Å². The average Bonchev–Trinajstić information content (AvgIpc) is 2.83. The van der Waals surface area contributed by atoms with Crippen molar-refractivity contribution in [1.82, 2.24) is 0 Å². The molecule has 0 saturated heterocycles. The largest absolute Gasteiger partial charge is 0.493 e. The molecule has 0 heterocycles. The fraction of sp³-hybridized carbons (Fsp3) is 0.0833. The van der Waals surface area contributed by atoms with Gasteiger partial charge < -0.3 is 14.8 Å². The lowest BCUT2D eigenvalue weighted by Crippen LogP contribution is -2.14. The second-order valence-electron chi connectivity index (χ2n) is 6.84. The first-order valence-corrected chi connectivity index (χ1v) is 10.5. The second kappa shape index (κ2) is 11.2. The first kappa shape index (κ1) is 24.6. The molecule has 3 aromatic rings. The van der Waals surface area contributed by atoms with E-state index in [0.29, 0.717) is 17.1 Å². The lowest BCUT2D eigenvalue weighted by Gasteiger charge is -2.12. The zero-order valence-corrected chi connectivity index (χ0v) is 19.3. The molecule has 0 radical (unpaired) electrons. The number of hydrogen-bond donors (Lipinski definition) is 1. The molecule has 0 fully saturated rings. The third-order valence-electron chi connectivity index (χ3n) is 4.61. The number of nitrogens with one attached hydrogen (secondary N) is 1. The fourth-order valence-electron chi connectivity index (χ4n) is 2.88. The zero-order chi connectivity index (χ0) is 24.7. The molecule has 0 atom stereocenters. The number of benzene rings is 3. The van der Waals surface area contributed by atoms with Crippen molar-refractivity contribution in [3.63, 3.8) is 0 Å². The van der Waals surface area contributed by atoms with Gasteiger partial charge in [-0.05, 0) is 53.6 Å². The Morgan fingerprint density at radius 1 is 1.12 bits per heavy atom. The molecule has 0 aliphatic heterocycles. The minimum Gasteiger partial charge on any atom is -0.493 e. The van der Waals surface area contributed by atoms with E-state index in [9.17, 15) is 20.2 Å². The Hall–Kier alpha value is -4.06. The smallest absolute Gasteiger partial charge is 0.269 e. The van der Waals surface area contributed by atoms with Crippen LogP contribution in [0.3, 0.4) is 0 Å². The van der Waals surface area contributed by atoms with E-state index in [4.69, 9.17) is 32.7 Å². The van der Waals surface area contributed by atoms with E-state index < -0.39 is 10.8 Å². The Labute approximate surface area is 205 Å². The number of amides is 1. The quantitative estimate of drug-likeness (QED) is 0.175. The molecular formula is C24H17Cl2N3O5. The first-order valence-electron chi connectivity index (χ1n) is 9.73. The summed E-state index contributed by atoms with van der Waals surface area (Å²) in [5, 5.41) is 23.3. The normalized spacial score (nSPS) is 10.8. The summed E-state index contributed by atoms with van der Waals surface area (Å²) in [6, 6.07) is 17.5. The highest BCUT2D eigenvalue weighted by molar-refractivity contribution is 6.40. The maximum atomic E-state index is 12.6. The maximum absolute atomic E-state index is 12.6. The summed E-state index contributed by atoms with van der Waals surface area (Å²) in [6.45, 7) is 0.161. The molecular weight excluding hydrogens is 481 g/mol. The van der Waals surface area contributed by atoms with Crippen LogP contribution in [0.25, 0.3) is 6.08 Å². The van der Waals surface area contributed by atoms with Crippen LogP contribution in [0.1, 0.15) is 11.1 Å². The number of nitro benzene ring substituents is 1. The highest BCUT2D eigenvalue weighted by Gasteiger charge is 2.15. The van der Waals surface area contributed by atoms with Crippen molar-refractivity contribution in [2.45, 2.75) is 6.61 Å². The molecule has 34 heavy (non-hydrogen) atoms. The van der Waals surface area contributed by atoms with Gasteiger partial charge in [0.05, 0.1) is 27.8 Å². The molecule has 0 aliphatic carbocycles. The number of methoxy groups -OCH3 is 1. The highest BCUT2D eigenvalue weighted by Crippen LogP contribution is 2.32. The topological polar surface area (TPSA) is 114 Å². The van der Waals surface area contributed by atoms with Crippen molar-refractivity contribution in [1.29, 1.82) is 5.26 Å². The molecule has 1 N–H and O–H groups in total. The Morgan fingerprint density at radius 3 is 2.38 bits per heavy atom. The number of non-ortho nitro benzene ring substituents is 1. The number of halogens is 2. The first-order chi connectivity index (χ1) is 16.3. The van der Waals surface area contributed by atoms with Gasteiger partial charge in [0.1, 0.15) is 18.2 Å². The van der Waals surface area contributed by atoms with Gasteiger partial charge in [0, 0.05) is 12.1 Å². The summed E-state index contributed by atoms with van der Waals surface area (Å²) in [5.74, 6) is 0.126. The zero-order valence-electron chi connectivity index (χ0n) is 17.7. The lowest BCUT2D eigenvalue weighted by molar-refractivity contribution is -0.384. The summed E-state index contributed by atoms with van der Waals surface area (Å²) >= 11 is 12.1. The molecule has 8 nitrogen and oxygen atoms in total. The van der Waals surface area contributed by atoms with Gasteiger partial charge in [-0.1, -0.05) is 35.3 Å². The molecule has 3 aromatic carbocycles. The average molecular weight is 498 g/mol. The number of nitro groups is 1. The van der Waals surface area contributed by atoms with E-state index in [0.717, 1.165) is 5.56 Å². The van der Waals surface area contributed by atoms with E-state index in [1.54, 1.807) is 48.5 Å². The van der Waals surface area contributed by atoms with Crippen LogP contribution in [0, 0.1) is 21.4 Å². The van der Waals surface area contributed by atoms with Crippen LogP contribution in [0.4, 0.5) is 11.4 Å². The molecule has 0 aromatic heterocycles. The van der Waals surface area contributed by atoms with Crippen molar-refractivity contribution in [3.8, 4) is 17.6 Å². The lowest BCUT2D eigenvalue weighted by atomic mass is 10.1. The van der Waals surface area contributed by atoms with Gasteiger partial charge in [0.15, 0.2) is 11.5 Å². The molecule has 0 aliphatic rings. The van der Waals surface area contributed by atoms with Crippen molar-refractivity contribution in [2.24, 2.45) is 0 Å². The number of carbonyl (C=O) groups is 1. The molecule has 0 unspecified atom stereocenters. The standard InChI is InChI=1S/C24H17Cl2N3O5/c1-33-22-12-16(7-10-21(22)34-14-15-5-8-18(9-6-15)29(31)32)11-17(13-27)24(30)28-23-19(25)3-2-4-20(23)26/h2-12H,14H2,1H3,(H,28,30)/b17-11+. The molecule has 172 valence electrons. The van der Waals surface area contributed by atoms with E-state index in [1.807, 2.05) is 6.07 Å². The summed E-state index contributed by atoms with van der Waals surface area (Å²) < 4.78 is 11.1. The predicted octanol–water partition coefficient (Wildman–Crippen LogP) is 6.03. The van der Waals surface area contributed by atoms with Crippen LogP contribution in [-0.4, -0.2) is 17.9 Å². The minimum atomic E-state index is -0.671. The number of nitrogens with zero attached hydrogens (tertiary/aromatic N) is 2. The summed E-state index contributed by atoms with van der Waals surface area (Å²) in [5.41, 5.74) is 1.29. The van der Waals surface area contributed by atoms with E-state index in [2.05, 4.69) is 5.32 Å². The summed E-state index contributed by atoms with van der Waals surface area (Å²) in [4.78, 5) is 22.9. The van der Waals surface area contributed by atoms with Gasteiger partial charge in [0.25, 0.3) is 11.6 Å². The Morgan fingerprint density at radius 2 is 1.79 bits per heavy atom. The van der Waals surface area contributed by atoms with E-state index in [-0.39, 0.29) is 33.6 Å². The van der Waals surface area contributed by atoms with Crippen molar-refractivity contribution in [3.05, 3.63) is 97.5 Å². The summed E-state index contributed by atoms with van der Waals surface area (Å²) in [6.07, 6.45) is 1.39. The number of hydrogen-bond acceptors (Lipinski definition) is 6. The number of para-hydroxylation sites is 1. The highest BCUT2D eigenvalue weighted by atomic mass is 35.5. The molecule has 0 bridgehead atoms. The van der Waals surface area contributed by atoms with Crippen LogP contribution >= 0.6 is 23.2 Å². The Bertz CT molecular complexity index is 1280. The third-order valence-corrected chi connectivity index (χ3v) is 5.24. The number of rotatable bonds is 8. The second-order valence-corrected chi connectivity index (χ2v) is 7.66. The monoisotopic (exact) mass is 497 g/mol. The van der Waals surface area contributed by atoms with Crippen molar-refractivity contribution >= 4 is 46.6 Å². The minimum absolute atomic E-state index is 0.00777. The van der Waals surface area contributed by atoms with Crippen LogP contribution in [-0.2, 0) is 11.4 Å². The number of carbonyl (C=O) groups excluding carboxylic acids is 1. The van der Waals surface area contributed by atoms with E-state index in [1.165, 1.54) is 25.3 Å². The van der Waals surface area contributed by atoms with Gasteiger partial charge in [-0.3, -0.25) is 14.9 Å². The van der Waals surface area contributed by atoms with Crippen LogP contribution in [0.2, 0.25) is 10.0 Å². The van der Waals surface area contributed by atoms with Gasteiger partial charge >= 0.3 is 0 Å². The van der Waals surface area contributed by atoms with Gasteiger partial charge in [0.2, 0.25) is 0 Å². The molecule has 0 saturated carbocycles. The number of anilines is 1. The van der Waals surface area contributed by atoms with Gasteiger partial charge in [-0.25, -0.2) is 0 Å². The molecule has 10 heteroatoms. The third kappa shape index (κ3) is 6.04. The predicted molar refractivity (Wildman–Crippen MR) is 129 cm³/mol. The summed E-state index contributed by atoms with van der Waals surface area (Å²) in [7, 11) is 1.46. The van der Waals surface area contributed by atoms with Crippen molar-refractivity contribution in [2.75, 3.05) is 12.4 Å². The SMILES string of the molecule is COc1cc(/C=C(\C#N)C(=O)Nc2c(Cl)cccc2Cl)ccc1OCc1ccc([N+](=O)[O-])cc1. The van der Waals surface area contributed by atoms with Gasteiger partial charge in [-0.2, -0.15) is 5.26 Å². The molecule has 1 amide bonds. The van der Waals surface area contributed by atoms with Crippen LogP contribution < -0.4 is 14.8 Å². The fourth-order valence-corrected chi connectivity index (χ4v) is 3.37. The maximum Gasteiger partial charge on any atom is 0.269 e.